The number of aryl methyl sites for hydroxylation is 2. The third-order valence-corrected chi connectivity index (χ3v) is 4.33. The monoisotopic (exact) mass is 313 g/mol. The van der Waals surface area contributed by atoms with Crippen LogP contribution in [0.1, 0.15) is 36.8 Å². The molecule has 0 unspecified atom stereocenters. The zero-order chi connectivity index (χ0) is 16.7. The lowest BCUT2D eigenvalue weighted by Crippen LogP contribution is -2.46. The Bertz CT molecular complexity index is 599. The Kier molecular flexibility index (Phi) is 6.16. The number of nitriles is 1. The van der Waals surface area contributed by atoms with Crippen LogP contribution in [-0.4, -0.2) is 35.8 Å². The number of nitrogens with zero attached hydrogens (tertiary/aromatic N) is 2. The van der Waals surface area contributed by atoms with E-state index in [2.05, 4.69) is 24.4 Å². The summed E-state index contributed by atoms with van der Waals surface area (Å²) in [4.78, 5) is 25.4. The number of amides is 2. The van der Waals surface area contributed by atoms with E-state index in [4.69, 9.17) is 5.26 Å². The lowest BCUT2D eigenvalue weighted by atomic mass is 10.0. The molecule has 0 atom stereocenters. The van der Waals surface area contributed by atoms with Crippen LogP contribution in [0.15, 0.2) is 24.3 Å². The number of nitrogens with one attached hydrogen (secondary N) is 1. The molecule has 1 aliphatic heterocycles. The molecule has 0 radical (unpaired) electrons. The van der Waals surface area contributed by atoms with Gasteiger partial charge in [0, 0.05) is 25.6 Å². The van der Waals surface area contributed by atoms with Crippen molar-refractivity contribution in [2.75, 3.05) is 13.1 Å². The van der Waals surface area contributed by atoms with Gasteiger partial charge in [0.05, 0.1) is 6.07 Å². The summed E-state index contributed by atoms with van der Waals surface area (Å²) >= 11 is 0. The summed E-state index contributed by atoms with van der Waals surface area (Å²) in [6, 6.07) is 10.1. The maximum absolute atomic E-state index is 12.1. The maximum Gasteiger partial charge on any atom is 0.236 e. The molecule has 23 heavy (non-hydrogen) atoms. The van der Waals surface area contributed by atoms with Gasteiger partial charge in [0.15, 0.2) is 0 Å². The number of piperidine rings is 1. The zero-order valence-electron chi connectivity index (χ0n) is 13.5. The molecule has 5 nitrogen and oxygen atoms in total. The van der Waals surface area contributed by atoms with Crippen molar-refractivity contribution < 1.29 is 9.59 Å². The molecule has 0 spiro atoms. The molecule has 0 aromatic heterocycles. The molecule has 0 bridgehead atoms. The molecule has 1 aromatic rings. The second-order valence-corrected chi connectivity index (χ2v) is 5.98. The van der Waals surface area contributed by atoms with Gasteiger partial charge in [-0.15, -0.1) is 0 Å². The van der Waals surface area contributed by atoms with Crippen LogP contribution in [0.5, 0.6) is 0 Å². The SMILES string of the molecule is Cc1ccccc1CCC(=O)NC1CCN(C(=O)CC#N)CC1. The Morgan fingerprint density at radius 2 is 2.00 bits per heavy atom. The molecular weight excluding hydrogens is 290 g/mol. The summed E-state index contributed by atoms with van der Waals surface area (Å²) in [6.45, 7) is 3.29. The highest BCUT2D eigenvalue weighted by Gasteiger charge is 2.23. The third-order valence-electron chi connectivity index (χ3n) is 4.33. The summed E-state index contributed by atoms with van der Waals surface area (Å²) in [6.07, 6.45) is 2.68. The second kappa shape index (κ2) is 8.33. The van der Waals surface area contributed by atoms with E-state index in [0.29, 0.717) is 19.5 Å². The van der Waals surface area contributed by atoms with Crippen LogP contribution in [0.25, 0.3) is 0 Å². The van der Waals surface area contributed by atoms with Gasteiger partial charge in [-0.3, -0.25) is 9.59 Å². The number of hydrogen-bond donors (Lipinski definition) is 1. The van der Waals surface area contributed by atoms with Crippen molar-refractivity contribution in [1.29, 1.82) is 5.26 Å². The van der Waals surface area contributed by atoms with Crippen LogP contribution in [0.2, 0.25) is 0 Å². The van der Waals surface area contributed by atoms with Gasteiger partial charge >= 0.3 is 0 Å². The van der Waals surface area contributed by atoms with Gasteiger partial charge < -0.3 is 10.2 Å². The van der Waals surface area contributed by atoms with E-state index in [9.17, 15) is 9.59 Å². The van der Waals surface area contributed by atoms with E-state index >= 15 is 0 Å². The van der Waals surface area contributed by atoms with Crippen LogP contribution in [0.4, 0.5) is 0 Å². The quantitative estimate of drug-likeness (QED) is 0.903. The molecule has 1 fully saturated rings. The van der Waals surface area contributed by atoms with E-state index in [0.717, 1.165) is 19.3 Å². The van der Waals surface area contributed by atoms with Crippen molar-refractivity contribution in [3.05, 3.63) is 35.4 Å². The van der Waals surface area contributed by atoms with Gasteiger partial charge in [-0.05, 0) is 37.3 Å². The molecule has 0 aliphatic carbocycles. The zero-order valence-corrected chi connectivity index (χ0v) is 13.5. The fraction of sp³-hybridized carbons (Fsp3) is 0.500. The number of benzene rings is 1. The highest BCUT2D eigenvalue weighted by Crippen LogP contribution is 2.13. The molecule has 1 heterocycles. The number of hydrogen-bond acceptors (Lipinski definition) is 3. The Balaban J connectivity index is 1.72. The number of likely N-dealkylation sites (tertiary alicyclic amines) is 1. The van der Waals surface area contributed by atoms with Crippen LogP contribution in [0.3, 0.4) is 0 Å². The van der Waals surface area contributed by atoms with Crippen LogP contribution >= 0.6 is 0 Å². The van der Waals surface area contributed by atoms with Gasteiger partial charge in [-0.1, -0.05) is 24.3 Å². The standard InChI is InChI=1S/C18H23N3O2/c1-14-4-2-3-5-15(14)6-7-17(22)20-16-9-12-21(13-10-16)18(23)8-11-19/h2-5,16H,6-10,12-13H2,1H3,(H,20,22). The fourth-order valence-electron chi connectivity index (χ4n) is 2.89. The molecule has 1 N–H and O–H groups in total. The van der Waals surface area contributed by atoms with Crippen molar-refractivity contribution in [3.63, 3.8) is 0 Å². The van der Waals surface area contributed by atoms with Crippen molar-refractivity contribution in [2.45, 2.75) is 45.1 Å². The van der Waals surface area contributed by atoms with E-state index in [1.165, 1.54) is 11.1 Å². The topological polar surface area (TPSA) is 73.2 Å². The molecule has 1 aromatic carbocycles. The van der Waals surface area contributed by atoms with E-state index in [1.807, 2.05) is 18.2 Å². The first-order valence-electron chi connectivity index (χ1n) is 8.08. The Hall–Kier alpha value is -2.35. The summed E-state index contributed by atoms with van der Waals surface area (Å²) < 4.78 is 0. The number of rotatable bonds is 5. The smallest absolute Gasteiger partial charge is 0.236 e. The van der Waals surface area contributed by atoms with Gasteiger partial charge in [-0.2, -0.15) is 5.26 Å². The van der Waals surface area contributed by atoms with E-state index < -0.39 is 0 Å². The average Bonchev–Trinajstić information content (AvgIpc) is 2.55. The highest BCUT2D eigenvalue weighted by atomic mass is 16.2. The summed E-state index contributed by atoms with van der Waals surface area (Å²) in [5, 5.41) is 11.6. The van der Waals surface area contributed by atoms with Crippen molar-refractivity contribution in [3.8, 4) is 6.07 Å². The highest BCUT2D eigenvalue weighted by molar-refractivity contribution is 5.78. The minimum Gasteiger partial charge on any atom is -0.353 e. The van der Waals surface area contributed by atoms with Crippen molar-refractivity contribution >= 4 is 11.8 Å². The van der Waals surface area contributed by atoms with E-state index in [1.54, 1.807) is 4.90 Å². The normalized spacial score (nSPS) is 15.0. The molecule has 5 heteroatoms. The van der Waals surface area contributed by atoms with Gasteiger partial charge in [0.25, 0.3) is 0 Å². The molecule has 122 valence electrons. The van der Waals surface area contributed by atoms with Crippen molar-refractivity contribution in [2.24, 2.45) is 0 Å². The summed E-state index contributed by atoms with van der Waals surface area (Å²) in [7, 11) is 0. The number of carbonyl (C=O) groups excluding carboxylic acids is 2. The Labute approximate surface area is 137 Å². The first-order chi connectivity index (χ1) is 11.1. The second-order valence-electron chi connectivity index (χ2n) is 5.98. The Morgan fingerprint density at radius 1 is 1.30 bits per heavy atom. The van der Waals surface area contributed by atoms with Gasteiger partial charge in [-0.25, -0.2) is 0 Å². The average molecular weight is 313 g/mol. The summed E-state index contributed by atoms with van der Waals surface area (Å²) in [5.74, 6) is -0.0492. The summed E-state index contributed by atoms with van der Waals surface area (Å²) in [5.41, 5.74) is 2.42. The molecule has 1 aliphatic rings. The maximum atomic E-state index is 12.1. The van der Waals surface area contributed by atoms with Crippen molar-refractivity contribution in [1.82, 2.24) is 10.2 Å². The van der Waals surface area contributed by atoms with Crippen LogP contribution in [0, 0.1) is 18.3 Å². The molecule has 2 amide bonds. The van der Waals surface area contributed by atoms with Crippen LogP contribution < -0.4 is 5.32 Å². The lowest BCUT2D eigenvalue weighted by Gasteiger charge is -2.32. The number of carbonyl (C=O) groups is 2. The Morgan fingerprint density at radius 3 is 2.65 bits per heavy atom. The molecule has 0 saturated carbocycles. The molecule has 2 rings (SSSR count). The van der Waals surface area contributed by atoms with Gasteiger partial charge in [0.1, 0.15) is 6.42 Å². The van der Waals surface area contributed by atoms with Gasteiger partial charge in [0.2, 0.25) is 11.8 Å². The minimum atomic E-state index is -0.114. The predicted octanol–water partition coefficient (Wildman–Crippen LogP) is 1.95. The third kappa shape index (κ3) is 5.10. The predicted molar refractivity (Wildman–Crippen MR) is 87.5 cm³/mol. The largest absolute Gasteiger partial charge is 0.353 e. The minimum absolute atomic E-state index is 0.0621. The molecule has 1 saturated heterocycles. The van der Waals surface area contributed by atoms with Crippen LogP contribution in [-0.2, 0) is 16.0 Å². The molecular formula is C18H23N3O2. The lowest BCUT2D eigenvalue weighted by molar-refractivity contribution is -0.131. The first-order valence-corrected chi connectivity index (χ1v) is 8.08. The fourth-order valence-corrected chi connectivity index (χ4v) is 2.89. The first kappa shape index (κ1) is 17.0. The van der Waals surface area contributed by atoms with E-state index in [-0.39, 0.29) is 24.3 Å².